The Bertz CT molecular complexity index is 481. The van der Waals surface area contributed by atoms with E-state index in [1.54, 1.807) is 19.2 Å². The van der Waals surface area contributed by atoms with Gasteiger partial charge in [-0.05, 0) is 18.1 Å². The molecule has 104 valence electrons. The van der Waals surface area contributed by atoms with Crippen LogP contribution in [0.4, 0.5) is 0 Å². The molecule has 0 unspecified atom stereocenters. The molecule has 1 aromatic heterocycles. The van der Waals surface area contributed by atoms with E-state index in [1.807, 2.05) is 6.92 Å². The minimum absolute atomic E-state index is 0.0464. The lowest BCUT2D eigenvalue weighted by molar-refractivity contribution is -0.142. The maximum atomic E-state index is 12.2. The van der Waals surface area contributed by atoms with Gasteiger partial charge in [0.05, 0.1) is 5.92 Å². The summed E-state index contributed by atoms with van der Waals surface area (Å²) in [5.41, 5.74) is 0. The summed E-state index contributed by atoms with van der Waals surface area (Å²) in [5, 5.41) is 9.05. The van der Waals surface area contributed by atoms with Gasteiger partial charge in [-0.15, -0.1) is 0 Å². The summed E-state index contributed by atoms with van der Waals surface area (Å²) in [5.74, 6) is -0.870. The van der Waals surface area contributed by atoms with Crippen LogP contribution in [0.2, 0.25) is 0 Å². The third-order valence-electron chi connectivity index (χ3n) is 3.38. The van der Waals surface area contributed by atoms with Crippen molar-refractivity contribution in [2.45, 2.75) is 13.5 Å². The minimum Gasteiger partial charge on any atom is -0.481 e. The topological polar surface area (TPSA) is 80.0 Å². The Morgan fingerprint density at radius 3 is 2.79 bits per heavy atom. The van der Waals surface area contributed by atoms with E-state index in [9.17, 15) is 9.59 Å². The van der Waals surface area contributed by atoms with Crippen molar-refractivity contribution in [1.82, 2.24) is 4.90 Å². The number of ether oxygens (including phenoxy) is 1. The third-order valence-corrected chi connectivity index (χ3v) is 3.38. The summed E-state index contributed by atoms with van der Waals surface area (Å²) in [6, 6.07) is 3.28. The van der Waals surface area contributed by atoms with Crippen molar-refractivity contribution < 1.29 is 23.8 Å². The Labute approximate surface area is 110 Å². The quantitative estimate of drug-likeness (QED) is 0.887. The van der Waals surface area contributed by atoms with Gasteiger partial charge in [0.15, 0.2) is 5.76 Å². The molecule has 1 aromatic rings. The molecule has 1 saturated heterocycles. The molecule has 1 aliphatic heterocycles. The van der Waals surface area contributed by atoms with Crippen LogP contribution in [-0.4, -0.2) is 42.1 Å². The predicted octanol–water partition coefficient (Wildman–Crippen LogP) is 1.22. The number of furan rings is 1. The molecule has 0 saturated carbocycles. The van der Waals surface area contributed by atoms with Crippen molar-refractivity contribution in [3.63, 3.8) is 0 Å². The molecule has 19 heavy (non-hydrogen) atoms. The van der Waals surface area contributed by atoms with Crippen molar-refractivity contribution in [2.24, 2.45) is 11.8 Å². The van der Waals surface area contributed by atoms with Crippen molar-refractivity contribution in [3.8, 4) is 0 Å². The summed E-state index contributed by atoms with van der Waals surface area (Å²) in [7, 11) is 1.55. The Morgan fingerprint density at radius 2 is 2.21 bits per heavy atom. The van der Waals surface area contributed by atoms with Gasteiger partial charge < -0.3 is 19.2 Å². The van der Waals surface area contributed by atoms with Crippen LogP contribution in [-0.2, 0) is 16.1 Å². The predicted molar refractivity (Wildman–Crippen MR) is 65.6 cm³/mol. The first kappa shape index (κ1) is 13.6. The lowest BCUT2D eigenvalue weighted by Gasteiger charge is -2.13. The van der Waals surface area contributed by atoms with E-state index in [0.717, 1.165) is 0 Å². The van der Waals surface area contributed by atoms with E-state index >= 15 is 0 Å². The first-order valence-electron chi connectivity index (χ1n) is 6.12. The highest BCUT2D eigenvalue weighted by atomic mass is 16.5. The zero-order valence-corrected chi connectivity index (χ0v) is 11.0. The second-order valence-electron chi connectivity index (χ2n) is 4.83. The van der Waals surface area contributed by atoms with Gasteiger partial charge in [-0.25, -0.2) is 0 Å². The van der Waals surface area contributed by atoms with E-state index in [4.69, 9.17) is 14.3 Å². The number of rotatable bonds is 4. The molecule has 0 radical (unpaired) electrons. The molecule has 2 heterocycles. The molecule has 0 spiro atoms. The number of carbonyl (C=O) groups is 2. The van der Waals surface area contributed by atoms with Crippen LogP contribution in [0.15, 0.2) is 16.5 Å². The average Bonchev–Trinajstić information content (AvgIpc) is 2.95. The minimum atomic E-state index is -0.859. The van der Waals surface area contributed by atoms with E-state index in [1.165, 1.54) is 4.90 Å². The largest absolute Gasteiger partial charge is 0.481 e. The Hall–Kier alpha value is -1.82. The highest BCUT2D eigenvalue weighted by Gasteiger charge is 2.37. The summed E-state index contributed by atoms with van der Waals surface area (Å²) < 4.78 is 10.3. The van der Waals surface area contributed by atoms with Crippen LogP contribution >= 0.6 is 0 Å². The standard InChI is InChI=1S/C13H17NO5/c1-8-5-14(6-10(8)13(16)17)12(15)11-4-3-9(19-11)7-18-2/h3-4,8,10H,5-7H2,1-2H3,(H,16,17)/t8-,10-/m1/s1. The number of methoxy groups -OCH3 is 1. The monoisotopic (exact) mass is 267 g/mol. The van der Waals surface area contributed by atoms with Crippen LogP contribution in [0, 0.1) is 11.8 Å². The van der Waals surface area contributed by atoms with Gasteiger partial charge in [-0.1, -0.05) is 6.92 Å². The average molecular weight is 267 g/mol. The number of hydrogen-bond acceptors (Lipinski definition) is 4. The Morgan fingerprint density at radius 1 is 1.47 bits per heavy atom. The number of aliphatic carboxylic acids is 1. The lowest BCUT2D eigenvalue weighted by Crippen LogP contribution is -2.29. The Kier molecular flexibility index (Phi) is 3.90. The fourth-order valence-corrected chi connectivity index (χ4v) is 2.32. The molecule has 1 N–H and O–H groups in total. The van der Waals surface area contributed by atoms with E-state index in [2.05, 4.69) is 0 Å². The summed E-state index contributed by atoms with van der Waals surface area (Å²) >= 11 is 0. The molecule has 2 atom stereocenters. The van der Waals surface area contributed by atoms with Gasteiger partial charge in [-0.3, -0.25) is 9.59 Å². The number of likely N-dealkylation sites (tertiary alicyclic amines) is 1. The number of amides is 1. The smallest absolute Gasteiger partial charge is 0.308 e. The second kappa shape index (κ2) is 5.44. The first-order chi connectivity index (χ1) is 9.02. The molecule has 0 aromatic carbocycles. The SMILES string of the molecule is COCc1ccc(C(=O)N2C[C@@H](C)[C@H](C(=O)O)C2)o1. The molecule has 1 aliphatic rings. The fourth-order valence-electron chi connectivity index (χ4n) is 2.32. The van der Waals surface area contributed by atoms with Gasteiger partial charge in [-0.2, -0.15) is 0 Å². The van der Waals surface area contributed by atoms with Crippen molar-refractivity contribution in [3.05, 3.63) is 23.7 Å². The molecule has 1 fully saturated rings. The van der Waals surface area contributed by atoms with Gasteiger partial charge >= 0.3 is 5.97 Å². The summed E-state index contributed by atoms with van der Waals surface area (Å²) in [4.78, 5) is 24.7. The molecule has 6 heteroatoms. The molecular weight excluding hydrogens is 250 g/mol. The van der Waals surface area contributed by atoms with Crippen LogP contribution in [0.3, 0.4) is 0 Å². The van der Waals surface area contributed by atoms with E-state index in [-0.39, 0.29) is 24.1 Å². The number of carboxylic acids is 1. The zero-order valence-electron chi connectivity index (χ0n) is 11.0. The fraction of sp³-hybridized carbons (Fsp3) is 0.538. The second-order valence-corrected chi connectivity index (χ2v) is 4.83. The van der Waals surface area contributed by atoms with E-state index in [0.29, 0.717) is 18.9 Å². The van der Waals surface area contributed by atoms with Gasteiger partial charge in [0.2, 0.25) is 0 Å². The van der Waals surface area contributed by atoms with E-state index < -0.39 is 11.9 Å². The molecule has 0 aliphatic carbocycles. The molecule has 6 nitrogen and oxygen atoms in total. The molecule has 0 bridgehead atoms. The van der Waals surface area contributed by atoms with Crippen molar-refractivity contribution >= 4 is 11.9 Å². The molecular formula is C13H17NO5. The van der Waals surface area contributed by atoms with Gasteiger partial charge in [0, 0.05) is 20.2 Å². The third kappa shape index (κ3) is 2.78. The normalized spacial score (nSPS) is 22.7. The van der Waals surface area contributed by atoms with Crippen LogP contribution in [0.25, 0.3) is 0 Å². The van der Waals surface area contributed by atoms with Crippen LogP contribution in [0.5, 0.6) is 0 Å². The van der Waals surface area contributed by atoms with Crippen molar-refractivity contribution in [2.75, 3.05) is 20.2 Å². The number of nitrogens with zero attached hydrogens (tertiary/aromatic N) is 1. The number of carbonyl (C=O) groups excluding carboxylic acids is 1. The van der Waals surface area contributed by atoms with Crippen molar-refractivity contribution in [1.29, 1.82) is 0 Å². The first-order valence-corrected chi connectivity index (χ1v) is 6.12. The summed E-state index contributed by atoms with van der Waals surface area (Å²) in [6.07, 6.45) is 0. The number of carboxylic acid groups (broad SMARTS) is 1. The number of hydrogen-bond donors (Lipinski definition) is 1. The lowest BCUT2D eigenvalue weighted by atomic mass is 9.99. The van der Waals surface area contributed by atoms with Gasteiger partial charge in [0.25, 0.3) is 5.91 Å². The maximum absolute atomic E-state index is 12.2. The summed E-state index contributed by atoms with van der Waals surface area (Å²) in [6.45, 7) is 2.82. The molecule has 1 amide bonds. The van der Waals surface area contributed by atoms with Gasteiger partial charge in [0.1, 0.15) is 12.4 Å². The maximum Gasteiger partial charge on any atom is 0.308 e. The Balaban J connectivity index is 2.06. The zero-order chi connectivity index (χ0) is 14.0. The highest BCUT2D eigenvalue weighted by Crippen LogP contribution is 2.25. The highest BCUT2D eigenvalue weighted by molar-refractivity contribution is 5.92. The molecule has 2 rings (SSSR count). The van der Waals surface area contributed by atoms with Crippen LogP contribution in [0.1, 0.15) is 23.2 Å². The van der Waals surface area contributed by atoms with Crippen LogP contribution < -0.4 is 0 Å².